The van der Waals surface area contributed by atoms with Crippen molar-refractivity contribution in [2.24, 2.45) is 0 Å². The van der Waals surface area contributed by atoms with Gasteiger partial charge in [-0.05, 0) is 43.3 Å². The highest BCUT2D eigenvalue weighted by Crippen LogP contribution is 2.28. The van der Waals surface area contributed by atoms with Gasteiger partial charge in [-0.2, -0.15) is 0 Å². The van der Waals surface area contributed by atoms with Gasteiger partial charge in [-0.3, -0.25) is 19.5 Å². The molecule has 0 aliphatic carbocycles. The van der Waals surface area contributed by atoms with Gasteiger partial charge in [0.05, 0.1) is 44.2 Å². The third-order valence-electron chi connectivity index (χ3n) is 7.06. The Labute approximate surface area is 222 Å². The Hall–Kier alpha value is -3.76. The molecule has 0 radical (unpaired) electrons. The molecule has 1 unspecified atom stereocenters. The third-order valence-corrected chi connectivity index (χ3v) is 7.06. The first kappa shape index (κ1) is 25.9. The summed E-state index contributed by atoms with van der Waals surface area (Å²) in [6.07, 6.45) is 2.31. The maximum Gasteiger partial charge on any atom is 0.274 e. The zero-order valence-corrected chi connectivity index (χ0v) is 21.8. The summed E-state index contributed by atoms with van der Waals surface area (Å²) in [6, 6.07) is 12.8. The normalized spacial score (nSPS) is 18.7. The fourth-order valence-corrected chi connectivity index (χ4v) is 5.03. The molecule has 3 heterocycles. The molecule has 1 aromatic heterocycles. The lowest BCUT2D eigenvalue weighted by molar-refractivity contribution is -0.0354. The largest absolute Gasteiger partial charge is 0.493 e. The predicted octanol–water partition coefficient (Wildman–Crippen LogP) is 2.34. The number of ether oxygens (including phenoxy) is 3. The number of carbonyl (C=O) groups is 2. The molecule has 10 heteroatoms. The van der Waals surface area contributed by atoms with Crippen LogP contribution in [-0.2, 0) is 4.74 Å². The van der Waals surface area contributed by atoms with E-state index in [9.17, 15) is 9.59 Å². The van der Waals surface area contributed by atoms with Crippen LogP contribution in [0.25, 0.3) is 11.0 Å². The van der Waals surface area contributed by atoms with E-state index in [1.807, 2.05) is 29.2 Å². The summed E-state index contributed by atoms with van der Waals surface area (Å²) < 4.78 is 16.7. The van der Waals surface area contributed by atoms with Crippen LogP contribution in [0.4, 0.5) is 0 Å². The Morgan fingerprint density at radius 1 is 0.921 bits per heavy atom. The zero-order chi connectivity index (χ0) is 26.5. The number of benzene rings is 2. The van der Waals surface area contributed by atoms with Crippen molar-refractivity contribution in [3.63, 3.8) is 0 Å². The number of methoxy groups -OCH3 is 2. The van der Waals surface area contributed by atoms with Gasteiger partial charge in [-0.15, -0.1) is 0 Å². The molecule has 10 nitrogen and oxygen atoms in total. The van der Waals surface area contributed by atoms with Gasteiger partial charge in [-0.25, -0.2) is 4.98 Å². The monoisotopic (exact) mass is 519 g/mol. The zero-order valence-electron chi connectivity index (χ0n) is 21.8. The summed E-state index contributed by atoms with van der Waals surface area (Å²) in [4.78, 5) is 41.3. The lowest BCUT2D eigenvalue weighted by atomic mass is 10.1. The molecule has 0 saturated carbocycles. The van der Waals surface area contributed by atoms with Gasteiger partial charge in [0.15, 0.2) is 11.5 Å². The average Bonchev–Trinajstić information content (AvgIpc) is 3.21. The van der Waals surface area contributed by atoms with E-state index in [1.54, 1.807) is 43.5 Å². The van der Waals surface area contributed by atoms with Crippen molar-refractivity contribution in [2.75, 3.05) is 66.6 Å². The Balaban J connectivity index is 1.17. The second-order valence-corrected chi connectivity index (χ2v) is 9.50. The highest BCUT2D eigenvalue weighted by molar-refractivity contribution is 5.95. The van der Waals surface area contributed by atoms with E-state index >= 15 is 0 Å². The number of morpholine rings is 1. The number of amides is 2. The predicted molar refractivity (Wildman–Crippen MR) is 142 cm³/mol. The molecule has 200 valence electrons. The van der Waals surface area contributed by atoms with E-state index in [0.717, 1.165) is 25.0 Å². The van der Waals surface area contributed by atoms with Crippen molar-refractivity contribution < 1.29 is 23.8 Å². The van der Waals surface area contributed by atoms with Crippen LogP contribution in [0.3, 0.4) is 0 Å². The lowest BCUT2D eigenvalue weighted by Crippen LogP contribution is -2.50. The van der Waals surface area contributed by atoms with E-state index in [1.165, 1.54) is 0 Å². The van der Waals surface area contributed by atoms with Gasteiger partial charge in [0.25, 0.3) is 11.8 Å². The Morgan fingerprint density at radius 3 is 2.55 bits per heavy atom. The summed E-state index contributed by atoms with van der Waals surface area (Å²) >= 11 is 0. The van der Waals surface area contributed by atoms with Crippen molar-refractivity contribution in [1.82, 2.24) is 24.7 Å². The van der Waals surface area contributed by atoms with Crippen LogP contribution < -0.4 is 9.47 Å². The molecular formula is C28H33N5O5. The molecule has 1 atom stereocenters. The molecule has 0 bridgehead atoms. The molecule has 2 aliphatic heterocycles. The third kappa shape index (κ3) is 5.71. The number of nitrogens with zero attached hydrogens (tertiary/aromatic N) is 5. The molecule has 5 rings (SSSR count). The number of hydrogen-bond acceptors (Lipinski definition) is 8. The molecule has 3 aromatic rings. The fraction of sp³-hybridized carbons (Fsp3) is 0.429. The van der Waals surface area contributed by atoms with Crippen LogP contribution in [0, 0.1) is 0 Å². The van der Waals surface area contributed by atoms with Crippen LogP contribution in [0.2, 0.25) is 0 Å². The maximum absolute atomic E-state index is 13.2. The maximum atomic E-state index is 13.2. The summed E-state index contributed by atoms with van der Waals surface area (Å²) in [7, 11) is 3.14. The van der Waals surface area contributed by atoms with Crippen molar-refractivity contribution in [1.29, 1.82) is 0 Å². The summed E-state index contributed by atoms with van der Waals surface area (Å²) in [6.45, 7) is 5.11. The van der Waals surface area contributed by atoms with Crippen molar-refractivity contribution >= 4 is 22.8 Å². The standard InChI is InChI=1S/C28H33N5O5/c1-36-25-9-8-20(16-26(25)37-2)27(34)32-11-5-10-31(12-13-32)18-21-19-33(14-15-38-21)28(35)24-17-29-22-6-3-4-7-23(22)30-24/h3-4,6-9,16-17,21H,5,10-15,18-19H2,1-2H3. The number of rotatable bonds is 6. The van der Waals surface area contributed by atoms with E-state index in [-0.39, 0.29) is 17.9 Å². The Bertz CT molecular complexity index is 1300. The second kappa shape index (κ2) is 11.7. The van der Waals surface area contributed by atoms with Gasteiger partial charge in [0.2, 0.25) is 0 Å². The van der Waals surface area contributed by atoms with Crippen molar-refractivity contribution in [3.8, 4) is 11.5 Å². The quantitative estimate of drug-likeness (QED) is 0.490. The molecule has 38 heavy (non-hydrogen) atoms. The Morgan fingerprint density at radius 2 is 1.74 bits per heavy atom. The number of hydrogen-bond donors (Lipinski definition) is 0. The molecule has 0 spiro atoms. The van der Waals surface area contributed by atoms with E-state index in [2.05, 4.69) is 14.9 Å². The van der Waals surface area contributed by atoms with Gasteiger partial charge < -0.3 is 24.0 Å². The second-order valence-electron chi connectivity index (χ2n) is 9.50. The molecule has 2 amide bonds. The van der Waals surface area contributed by atoms with Crippen LogP contribution in [-0.4, -0.2) is 109 Å². The van der Waals surface area contributed by atoms with E-state index < -0.39 is 0 Å². The smallest absolute Gasteiger partial charge is 0.274 e. The minimum absolute atomic E-state index is 0.0185. The first-order valence-electron chi connectivity index (χ1n) is 12.9. The van der Waals surface area contributed by atoms with Crippen LogP contribution in [0.1, 0.15) is 27.3 Å². The highest BCUT2D eigenvalue weighted by atomic mass is 16.5. The molecule has 2 saturated heterocycles. The number of aromatic nitrogens is 2. The lowest BCUT2D eigenvalue weighted by Gasteiger charge is -2.35. The number of carbonyl (C=O) groups excluding carboxylic acids is 2. The first-order valence-corrected chi connectivity index (χ1v) is 12.9. The minimum atomic E-state index is -0.126. The number of para-hydroxylation sites is 2. The SMILES string of the molecule is COc1ccc(C(=O)N2CCCN(CC3CN(C(=O)c4cnc5ccccc5n4)CCO3)CC2)cc1OC. The molecule has 2 fully saturated rings. The number of fused-ring (bicyclic) bond motifs is 1. The molecule has 2 aliphatic rings. The van der Waals surface area contributed by atoms with E-state index in [0.29, 0.717) is 67.6 Å². The van der Waals surface area contributed by atoms with Gasteiger partial charge in [-0.1, -0.05) is 12.1 Å². The highest BCUT2D eigenvalue weighted by Gasteiger charge is 2.29. The van der Waals surface area contributed by atoms with Crippen LogP contribution in [0.5, 0.6) is 11.5 Å². The van der Waals surface area contributed by atoms with Gasteiger partial charge in [0.1, 0.15) is 5.69 Å². The van der Waals surface area contributed by atoms with Crippen molar-refractivity contribution in [2.45, 2.75) is 12.5 Å². The first-order chi connectivity index (χ1) is 18.6. The average molecular weight is 520 g/mol. The molecule has 2 aromatic carbocycles. The van der Waals surface area contributed by atoms with E-state index in [4.69, 9.17) is 14.2 Å². The van der Waals surface area contributed by atoms with Crippen LogP contribution in [0.15, 0.2) is 48.7 Å². The van der Waals surface area contributed by atoms with Gasteiger partial charge in [0, 0.05) is 44.8 Å². The topological polar surface area (TPSA) is 97.3 Å². The minimum Gasteiger partial charge on any atom is -0.493 e. The summed E-state index contributed by atoms with van der Waals surface area (Å²) in [5.74, 6) is 0.992. The Kier molecular flexibility index (Phi) is 8.00. The molecular weight excluding hydrogens is 486 g/mol. The van der Waals surface area contributed by atoms with Crippen molar-refractivity contribution in [3.05, 3.63) is 59.9 Å². The summed E-state index contributed by atoms with van der Waals surface area (Å²) in [5.41, 5.74) is 2.41. The van der Waals surface area contributed by atoms with Crippen LogP contribution >= 0.6 is 0 Å². The summed E-state index contributed by atoms with van der Waals surface area (Å²) in [5, 5.41) is 0. The van der Waals surface area contributed by atoms with Gasteiger partial charge >= 0.3 is 0 Å². The fourth-order valence-electron chi connectivity index (χ4n) is 5.03. The molecule has 0 N–H and O–H groups in total.